The van der Waals surface area contributed by atoms with E-state index < -0.39 is 22.6 Å². The van der Waals surface area contributed by atoms with Gasteiger partial charge < -0.3 is 10.6 Å². The van der Waals surface area contributed by atoms with E-state index in [4.69, 9.17) is 0 Å². The van der Waals surface area contributed by atoms with Crippen LogP contribution in [0, 0.1) is 0 Å². The number of nitrogens with zero attached hydrogens (tertiary/aromatic N) is 1. The molecule has 0 bridgehead atoms. The summed E-state index contributed by atoms with van der Waals surface area (Å²) in [6, 6.07) is 17.1. The zero-order valence-corrected chi connectivity index (χ0v) is 16.9. The summed E-state index contributed by atoms with van der Waals surface area (Å²) in [7, 11) is 0. The Labute approximate surface area is 181 Å². The van der Waals surface area contributed by atoms with Crippen molar-refractivity contribution in [3.05, 3.63) is 105 Å². The maximum Gasteiger partial charge on any atom is 0.416 e. The molecule has 0 aliphatic heterocycles. The molecule has 0 aliphatic rings. The van der Waals surface area contributed by atoms with Crippen molar-refractivity contribution in [1.82, 2.24) is 4.98 Å². The Morgan fingerprint density at radius 2 is 1.53 bits per heavy atom. The van der Waals surface area contributed by atoms with Crippen molar-refractivity contribution >= 4 is 17.1 Å². The number of aromatic nitrogens is 1. The maximum absolute atomic E-state index is 12.8. The fourth-order valence-electron chi connectivity index (χ4n) is 3.33. The molecule has 0 saturated heterocycles. The molecule has 2 N–H and O–H groups in total. The van der Waals surface area contributed by atoms with Crippen LogP contribution in [0.4, 0.5) is 30.2 Å². The summed E-state index contributed by atoms with van der Waals surface area (Å²) >= 11 is 0. The van der Waals surface area contributed by atoms with Gasteiger partial charge >= 0.3 is 6.18 Å². The second-order valence-electron chi connectivity index (χ2n) is 7.31. The molecule has 1 atom stereocenters. The average molecular weight is 437 g/mol. The molecule has 8 heteroatoms. The highest BCUT2D eigenvalue weighted by atomic mass is 19.4. The first-order chi connectivity index (χ1) is 15.2. The molecule has 32 heavy (non-hydrogen) atoms. The molecule has 4 rings (SSSR count). The molecule has 0 amide bonds. The lowest BCUT2D eigenvalue weighted by Crippen LogP contribution is -2.37. The van der Waals surface area contributed by atoms with Gasteiger partial charge in [0.1, 0.15) is 11.4 Å². The number of hydrogen-bond donors (Lipinski definition) is 2. The number of pyridine rings is 1. The van der Waals surface area contributed by atoms with E-state index in [9.17, 15) is 22.8 Å². The molecule has 162 valence electrons. The Bertz CT molecular complexity index is 1310. The summed E-state index contributed by atoms with van der Waals surface area (Å²) < 4.78 is 38.3. The summed E-state index contributed by atoms with van der Waals surface area (Å²) in [6.45, 7) is 1.88. The summed E-state index contributed by atoms with van der Waals surface area (Å²) in [5.41, 5.74) is 0.701. The van der Waals surface area contributed by atoms with Crippen LogP contribution >= 0.6 is 0 Å². The molecule has 1 aromatic heterocycles. The van der Waals surface area contributed by atoms with Gasteiger partial charge in [-0.1, -0.05) is 42.5 Å². The van der Waals surface area contributed by atoms with Gasteiger partial charge in [-0.15, -0.1) is 0 Å². The molecule has 0 radical (unpaired) electrons. The van der Waals surface area contributed by atoms with E-state index in [-0.39, 0.29) is 17.4 Å². The van der Waals surface area contributed by atoms with Gasteiger partial charge in [0.15, 0.2) is 0 Å². The second-order valence-corrected chi connectivity index (χ2v) is 7.31. The van der Waals surface area contributed by atoms with Gasteiger partial charge in [-0.3, -0.25) is 14.6 Å². The van der Waals surface area contributed by atoms with Crippen molar-refractivity contribution in [3.8, 4) is 11.3 Å². The number of benzene rings is 2. The van der Waals surface area contributed by atoms with E-state index in [0.717, 1.165) is 17.7 Å². The molecule has 1 heterocycles. The Morgan fingerprint density at radius 1 is 0.875 bits per heavy atom. The number of alkyl halides is 3. The molecule has 0 unspecified atom stereocenters. The van der Waals surface area contributed by atoms with Crippen LogP contribution in [0.5, 0.6) is 0 Å². The first kappa shape index (κ1) is 21.3. The lowest BCUT2D eigenvalue weighted by atomic mass is 10.1. The highest BCUT2D eigenvalue weighted by Crippen LogP contribution is 2.31. The molecular weight excluding hydrogens is 419 g/mol. The van der Waals surface area contributed by atoms with Crippen LogP contribution in [0.3, 0.4) is 0 Å². The fraction of sp³-hybridized carbons (Fsp3) is 0.125. The van der Waals surface area contributed by atoms with Gasteiger partial charge in [0.2, 0.25) is 0 Å². The molecule has 0 fully saturated rings. The quantitative estimate of drug-likeness (QED) is 0.402. The number of nitrogens with one attached hydrogen (secondary N) is 2. The van der Waals surface area contributed by atoms with Crippen LogP contribution in [0.25, 0.3) is 11.3 Å². The molecule has 0 spiro atoms. The minimum atomic E-state index is -4.42. The van der Waals surface area contributed by atoms with Gasteiger partial charge in [-0.2, -0.15) is 13.2 Å². The Hall–Kier alpha value is -3.94. The third kappa shape index (κ3) is 4.25. The van der Waals surface area contributed by atoms with E-state index in [1.165, 1.54) is 18.3 Å². The van der Waals surface area contributed by atoms with Crippen molar-refractivity contribution in [2.24, 2.45) is 0 Å². The van der Waals surface area contributed by atoms with Crippen molar-refractivity contribution in [1.29, 1.82) is 0 Å². The maximum atomic E-state index is 12.8. The van der Waals surface area contributed by atoms with Gasteiger partial charge in [-0.05, 0) is 36.8 Å². The van der Waals surface area contributed by atoms with Crippen molar-refractivity contribution < 1.29 is 13.2 Å². The largest absolute Gasteiger partial charge is 0.416 e. The predicted molar refractivity (Wildman–Crippen MR) is 118 cm³/mol. The zero-order chi connectivity index (χ0) is 22.9. The van der Waals surface area contributed by atoms with E-state index in [0.29, 0.717) is 16.9 Å². The van der Waals surface area contributed by atoms with Gasteiger partial charge in [0, 0.05) is 23.5 Å². The average Bonchev–Trinajstić information content (AvgIpc) is 2.81. The first-order valence-corrected chi connectivity index (χ1v) is 9.79. The van der Waals surface area contributed by atoms with Crippen LogP contribution in [-0.2, 0) is 6.18 Å². The lowest BCUT2D eigenvalue weighted by Gasteiger charge is -2.20. The molecule has 0 saturated carbocycles. The molecule has 0 aliphatic carbocycles. The minimum absolute atomic E-state index is 0.141. The van der Waals surface area contributed by atoms with Crippen molar-refractivity contribution in [3.63, 3.8) is 0 Å². The number of halogens is 3. The van der Waals surface area contributed by atoms with E-state index >= 15 is 0 Å². The number of hydrogen-bond acceptors (Lipinski definition) is 5. The van der Waals surface area contributed by atoms with Crippen molar-refractivity contribution in [2.45, 2.75) is 19.1 Å². The minimum Gasteiger partial charge on any atom is -0.373 e. The third-order valence-corrected chi connectivity index (χ3v) is 5.11. The standard InChI is InChI=1S/C24H18F3N3O2/c1-14(15-5-3-2-4-6-15)29-20-21(23(32)22(20)31)30-18-11-12-28-19(13-18)16-7-9-17(10-8-16)24(25,26)27/h2-14,29H,1H3,(H,28,30)/t14-/m1/s1. The van der Waals surface area contributed by atoms with Crippen molar-refractivity contribution in [2.75, 3.05) is 10.6 Å². The van der Waals surface area contributed by atoms with E-state index in [1.807, 2.05) is 37.3 Å². The summed E-state index contributed by atoms with van der Waals surface area (Å²) in [5, 5.41) is 6.01. The molecular formula is C24H18F3N3O2. The van der Waals surface area contributed by atoms with Crippen LogP contribution in [0.1, 0.15) is 24.1 Å². The first-order valence-electron chi connectivity index (χ1n) is 9.79. The fourth-order valence-corrected chi connectivity index (χ4v) is 3.33. The predicted octanol–water partition coefficient (Wildman–Crippen LogP) is 5.28. The lowest BCUT2D eigenvalue weighted by molar-refractivity contribution is -0.137. The summed E-state index contributed by atoms with van der Waals surface area (Å²) in [6.07, 6.45) is -2.94. The van der Waals surface area contributed by atoms with Crippen LogP contribution in [0.15, 0.2) is 82.5 Å². The molecule has 5 nitrogen and oxygen atoms in total. The number of anilines is 3. The Morgan fingerprint density at radius 3 is 2.19 bits per heavy atom. The van der Waals surface area contributed by atoms with Gasteiger partial charge in [0.05, 0.1) is 11.3 Å². The van der Waals surface area contributed by atoms with Gasteiger partial charge in [0.25, 0.3) is 10.9 Å². The zero-order valence-electron chi connectivity index (χ0n) is 16.9. The van der Waals surface area contributed by atoms with Crippen LogP contribution in [-0.4, -0.2) is 4.98 Å². The second kappa shape index (κ2) is 8.30. The van der Waals surface area contributed by atoms with Gasteiger partial charge in [-0.25, -0.2) is 0 Å². The monoisotopic (exact) mass is 437 g/mol. The summed E-state index contributed by atoms with van der Waals surface area (Å²) in [5.74, 6) is 0. The van der Waals surface area contributed by atoms with E-state index in [1.54, 1.807) is 12.1 Å². The molecule has 3 aromatic carbocycles. The number of rotatable bonds is 6. The van der Waals surface area contributed by atoms with Crippen LogP contribution in [0.2, 0.25) is 0 Å². The molecule has 4 aromatic rings. The normalized spacial score (nSPS) is 12.5. The third-order valence-electron chi connectivity index (χ3n) is 5.11. The highest BCUT2D eigenvalue weighted by Gasteiger charge is 2.30. The SMILES string of the molecule is C[C@@H](Nc1c(Nc2ccnc(-c3ccc(C(F)(F)F)cc3)c2)c(=O)c1=O)c1ccccc1. The topological polar surface area (TPSA) is 71.1 Å². The van der Waals surface area contributed by atoms with Crippen LogP contribution < -0.4 is 21.5 Å². The summed E-state index contributed by atoms with van der Waals surface area (Å²) in [4.78, 5) is 28.5. The Balaban J connectivity index is 1.55. The smallest absolute Gasteiger partial charge is 0.373 e. The highest BCUT2D eigenvalue weighted by molar-refractivity contribution is 5.80. The van der Waals surface area contributed by atoms with E-state index in [2.05, 4.69) is 15.6 Å². The Kier molecular flexibility index (Phi) is 5.52.